The number of fused-ring (bicyclic) bond motifs is 1. The molecule has 21 heavy (non-hydrogen) atoms. The first-order chi connectivity index (χ1) is 9.97. The summed E-state index contributed by atoms with van der Waals surface area (Å²) in [4.78, 5) is 0. The molecule has 1 nitrogen and oxygen atoms in total. The lowest BCUT2D eigenvalue weighted by Crippen LogP contribution is -2.42. The molecule has 0 spiro atoms. The Morgan fingerprint density at radius 1 is 1.24 bits per heavy atom. The molecular formula is C18H28OSi2. The molecule has 2 radical (unpaired) electrons. The summed E-state index contributed by atoms with van der Waals surface area (Å²) in [7, 11) is -0.458. The summed E-state index contributed by atoms with van der Waals surface area (Å²) in [5.74, 6) is 1.75. The summed E-state index contributed by atoms with van der Waals surface area (Å²) >= 11 is 0. The van der Waals surface area contributed by atoms with Crippen molar-refractivity contribution >= 4 is 23.0 Å². The summed E-state index contributed by atoms with van der Waals surface area (Å²) in [5, 5.41) is 1.52. The largest absolute Gasteiger partial charge is 0.412 e. The van der Waals surface area contributed by atoms with E-state index < -0.39 is 8.32 Å². The van der Waals surface area contributed by atoms with Gasteiger partial charge in [-0.3, -0.25) is 0 Å². The predicted molar refractivity (Wildman–Crippen MR) is 93.9 cm³/mol. The van der Waals surface area contributed by atoms with Crippen molar-refractivity contribution in [2.24, 2.45) is 11.8 Å². The minimum Gasteiger partial charge on any atom is -0.412 e. The smallest absolute Gasteiger partial charge is 0.184 e. The fourth-order valence-electron chi connectivity index (χ4n) is 4.45. The molecule has 2 aliphatic rings. The van der Waals surface area contributed by atoms with Crippen LogP contribution in [0.25, 0.3) is 0 Å². The molecular weight excluding hydrogens is 288 g/mol. The van der Waals surface area contributed by atoms with Gasteiger partial charge in [-0.2, -0.15) is 0 Å². The van der Waals surface area contributed by atoms with Crippen LogP contribution in [0.5, 0.6) is 0 Å². The molecule has 0 N–H and O–H groups in total. The number of hydrogen-bond donors (Lipinski definition) is 0. The highest BCUT2D eigenvalue weighted by molar-refractivity contribution is 6.69. The van der Waals surface area contributed by atoms with Crippen molar-refractivity contribution in [3.05, 3.63) is 30.3 Å². The van der Waals surface area contributed by atoms with E-state index in [-0.39, 0.29) is 5.60 Å². The van der Waals surface area contributed by atoms with Crippen molar-refractivity contribution < 1.29 is 4.43 Å². The Labute approximate surface area is 133 Å². The third kappa shape index (κ3) is 3.69. The average molecular weight is 317 g/mol. The number of rotatable bonds is 5. The maximum Gasteiger partial charge on any atom is 0.184 e. The first-order valence-electron chi connectivity index (χ1n) is 8.46. The zero-order valence-corrected chi connectivity index (χ0v) is 15.7. The van der Waals surface area contributed by atoms with Gasteiger partial charge >= 0.3 is 0 Å². The molecule has 1 aromatic carbocycles. The second-order valence-electron chi connectivity index (χ2n) is 7.92. The van der Waals surface area contributed by atoms with Crippen LogP contribution >= 0.6 is 0 Å². The van der Waals surface area contributed by atoms with E-state index in [9.17, 15) is 0 Å². The maximum atomic E-state index is 6.73. The molecule has 2 aliphatic carbocycles. The van der Waals surface area contributed by atoms with Crippen LogP contribution in [0.1, 0.15) is 32.1 Å². The topological polar surface area (TPSA) is 9.23 Å². The second kappa shape index (κ2) is 6.01. The van der Waals surface area contributed by atoms with Crippen LogP contribution in [-0.2, 0) is 4.43 Å². The molecule has 0 saturated heterocycles. The van der Waals surface area contributed by atoms with Gasteiger partial charge in [0.05, 0.1) is 15.1 Å². The van der Waals surface area contributed by atoms with Gasteiger partial charge in [0, 0.05) is 0 Å². The van der Waals surface area contributed by atoms with Crippen LogP contribution in [-0.4, -0.2) is 23.4 Å². The van der Waals surface area contributed by atoms with Crippen molar-refractivity contribution in [2.45, 2.75) is 63.4 Å². The Balaban J connectivity index is 1.61. The molecule has 1 aromatic rings. The van der Waals surface area contributed by atoms with Crippen LogP contribution < -0.4 is 5.19 Å². The van der Waals surface area contributed by atoms with Crippen molar-refractivity contribution in [2.75, 3.05) is 0 Å². The maximum absolute atomic E-state index is 6.73. The summed E-state index contributed by atoms with van der Waals surface area (Å²) in [6.07, 6.45) is 6.89. The standard InChI is InChI=1S/C18H28OSi2/c1-21(2,3)19-18-11-7-8-16(18)12-15(13-18)14-20-17-9-5-4-6-10-17/h4-6,9-10,15-16H,7-8,11-14H2,1-3H3/t15-,16-,18+/m1/s1. The molecule has 0 bridgehead atoms. The van der Waals surface area contributed by atoms with Crippen molar-refractivity contribution in [1.82, 2.24) is 0 Å². The Morgan fingerprint density at radius 3 is 2.71 bits per heavy atom. The molecule has 3 heteroatoms. The monoisotopic (exact) mass is 316 g/mol. The van der Waals surface area contributed by atoms with Crippen molar-refractivity contribution in [1.29, 1.82) is 0 Å². The van der Waals surface area contributed by atoms with Gasteiger partial charge in [0.2, 0.25) is 0 Å². The molecule has 0 unspecified atom stereocenters. The third-order valence-corrected chi connectivity index (χ3v) is 7.57. The van der Waals surface area contributed by atoms with Crippen LogP contribution in [0.3, 0.4) is 0 Å². The molecule has 114 valence electrons. The Bertz CT molecular complexity index is 468. The number of benzene rings is 1. The van der Waals surface area contributed by atoms with Gasteiger partial charge in [0.25, 0.3) is 0 Å². The van der Waals surface area contributed by atoms with E-state index in [1.54, 1.807) is 0 Å². The Hall–Kier alpha value is -0.386. The lowest BCUT2D eigenvalue weighted by molar-refractivity contribution is 0.0410. The van der Waals surface area contributed by atoms with Gasteiger partial charge in [0.15, 0.2) is 8.32 Å². The van der Waals surface area contributed by atoms with Gasteiger partial charge in [-0.05, 0) is 57.2 Å². The summed E-state index contributed by atoms with van der Waals surface area (Å²) < 4.78 is 6.73. The van der Waals surface area contributed by atoms with Gasteiger partial charge < -0.3 is 4.43 Å². The van der Waals surface area contributed by atoms with Crippen LogP contribution in [0.15, 0.2) is 30.3 Å². The fraction of sp³-hybridized carbons (Fsp3) is 0.667. The zero-order valence-electron chi connectivity index (χ0n) is 13.7. The highest BCUT2D eigenvalue weighted by Gasteiger charge is 2.52. The Kier molecular flexibility index (Phi) is 4.44. The first-order valence-corrected chi connectivity index (χ1v) is 13.1. The first kappa shape index (κ1) is 15.5. The van der Waals surface area contributed by atoms with E-state index in [1.807, 2.05) is 0 Å². The van der Waals surface area contributed by atoms with E-state index in [0.29, 0.717) is 0 Å². The lowest BCUT2D eigenvalue weighted by atomic mass is 9.95. The normalized spacial score (nSPS) is 32.3. The minimum absolute atomic E-state index is 0.274. The van der Waals surface area contributed by atoms with Crippen molar-refractivity contribution in [3.8, 4) is 0 Å². The lowest BCUT2D eigenvalue weighted by Gasteiger charge is -2.37. The minimum atomic E-state index is -1.43. The summed E-state index contributed by atoms with van der Waals surface area (Å²) in [6, 6.07) is 12.4. The fourth-order valence-corrected chi connectivity index (χ4v) is 7.29. The Morgan fingerprint density at radius 2 is 2.00 bits per heavy atom. The SMILES string of the molecule is C[Si](C)(C)O[C@]12CCC[C@@H]1C[C@@H](C[Si]c1ccccc1)C2. The molecule has 0 aliphatic heterocycles. The molecule has 2 saturated carbocycles. The van der Waals surface area contributed by atoms with E-state index in [2.05, 4.69) is 50.0 Å². The highest BCUT2D eigenvalue weighted by Crippen LogP contribution is 2.54. The predicted octanol–water partition coefficient (Wildman–Crippen LogP) is 4.23. The van der Waals surface area contributed by atoms with Crippen LogP contribution in [0, 0.1) is 11.8 Å². The molecule has 3 rings (SSSR count). The second-order valence-corrected chi connectivity index (χ2v) is 13.7. The average Bonchev–Trinajstić information content (AvgIpc) is 2.91. The zero-order chi connectivity index (χ0) is 14.9. The van der Waals surface area contributed by atoms with Crippen LogP contribution in [0.4, 0.5) is 0 Å². The molecule has 2 fully saturated rings. The van der Waals surface area contributed by atoms with E-state index in [4.69, 9.17) is 4.43 Å². The van der Waals surface area contributed by atoms with Gasteiger partial charge in [-0.25, -0.2) is 0 Å². The molecule has 0 heterocycles. The van der Waals surface area contributed by atoms with Crippen LogP contribution in [0.2, 0.25) is 25.7 Å². The van der Waals surface area contributed by atoms with E-state index in [1.165, 1.54) is 43.3 Å². The summed E-state index contributed by atoms with van der Waals surface area (Å²) in [5.41, 5.74) is 0.274. The molecule has 0 amide bonds. The molecule has 3 atom stereocenters. The number of hydrogen-bond acceptors (Lipinski definition) is 1. The van der Waals surface area contributed by atoms with Crippen molar-refractivity contribution in [3.63, 3.8) is 0 Å². The third-order valence-electron chi connectivity index (χ3n) is 5.03. The van der Waals surface area contributed by atoms with E-state index >= 15 is 0 Å². The van der Waals surface area contributed by atoms with Gasteiger partial charge in [-0.1, -0.05) is 48.0 Å². The molecule has 0 aromatic heterocycles. The quantitative estimate of drug-likeness (QED) is 0.739. The van der Waals surface area contributed by atoms with Gasteiger partial charge in [0.1, 0.15) is 0 Å². The summed E-state index contributed by atoms with van der Waals surface area (Å²) in [6.45, 7) is 7.07. The highest BCUT2D eigenvalue weighted by atomic mass is 28.4. The van der Waals surface area contributed by atoms with Gasteiger partial charge in [-0.15, -0.1) is 0 Å². The van der Waals surface area contributed by atoms with E-state index in [0.717, 1.165) is 21.4 Å².